The maximum absolute atomic E-state index is 11.9. The number of carboxylic acid groups (broad SMARTS) is 1. The van der Waals surface area contributed by atoms with Gasteiger partial charge in [-0.2, -0.15) is 0 Å². The molecule has 0 bridgehead atoms. The largest absolute Gasteiger partial charge is 0.479 e. The van der Waals surface area contributed by atoms with E-state index in [1.807, 2.05) is 0 Å². The van der Waals surface area contributed by atoms with Crippen LogP contribution in [0.1, 0.15) is 0 Å². The second-order valence-corrected chi connectivity index (χ2v) is 6.16. The number of nitrogens with one attached hydrogen (secondary N) is 1. The maximum atomic E-state index is 11.9. The Labute approximate surface area is 120 Å². The summed E-state index contributed by atoms with van der Waals surface area (Å²) in [5, 5.41) is 9.05. The van der Waals surface area contributed by atoms with Gasteiger partial charge < -0.3 is 9.84 Å². The quantitative estimate of drug-likeness (QED) is 0.823. The van der Waals surface area contributed by atoms with Crippen LogP contribution in [0.25, 0.3) is 0 Å². The molecule has 1 aromatic rings. The van der Waals surface area contributed by atoms with E-state index in [4.69, 9.17) is 28.3 Å². The topological polar surface area (TPSA) is 92.7 Å². The Hall–Kier alpha value is -0.860. The fourth-order valence-corrected chi connectivity index (χ4v) is 2.98. The molecule has 0 spiro atoms. The molecule has 0 saturated heterocycles. The van der Waals surface area contributed by atoms with E-state index in [0.717, 1.165) is 0 Å². The Balaban J connectivity index is 2.89. The average molecular weight is 328 g/mol. The van der Waals surface area contributed by atoms with E-state index in [0.29, 0.717) is 0 Å². The van der Waals surface area contributed by atoms with E-state index in [9.17, 15) is 13.2 Å². The van der Waals surface area contributed by atoms with Crippen LogP contribution in [0.3, 0.4) is 0 Å². The number of ether oxygens (including phenoxy) is 1. The molecule has 1 rings (SSSR count). The number of methoxy groups -OCH3 is 1. The second-order valence-electron chi connectivity index (χ2n) is 3.52. The molecule has 0 radical (unpaired) electrons. The molecular weight excluding hydrogens is 317 g/mol. The van der Waals surface area contributed by atoms with Gasteiger partial charge in [0.2, 0.25) is 10.0 Å². The molecule has 0 fully saturated rings. The van der Waals surface area contributed by atoms with Crippen LogP contribution in [-0.2, 0) is 19.6 Å². The third kappa shape index (κ3) is 4.63. The highest BCUT2D eigenvalue weighted by atomic mass is 35.5. The van der Waals surface area contributed by atoms with Crippen LogP contribution in [0.5, 0.6) is 0 Å². The van der Waals surface area contributed by atoms with Gasteiger partial charge >= 0.3 is 5.97 Å². The first-order valence-electron chi connectivity index (χ1n) is 4.97. The molecule has 106 valence electrons. The molecule has 6 nitrogen and oxygen atoms in total. The standard InChI is InChI=1S/C10H11Cl2NO5S/c1-18-9(10(14)15)5-13-19(16,17)8-3-6(11)2-7(12)4-8/h2-4,9,13H,5H2,1H3,(H,14,15). The van der Waals surface area contributed by atoms with Crippen LogP contribution < -0.4 is 4.72 Å². The number of sulfonamides is 1. The highest BCUT2D eigenvalue weighted by Gasteiger charge is 2.21. The van der Waals surface area contributed by atoms with Gasteiger partial charge in [0.25, 0.3) is 0 Å². The van der Waals surface area contributed by atoms with E-state index in [2.05, 4.69) is 9.46 Å². The lowest BCUT2D eigenvalue weighted by atomic mass is 10.4. The van der Waals surface area contributed by atoms with Crippen molar-refractivity contribution in [3.8, 4) is 0 Å². The van der Waals surface area contributed by atoms with Gasteiger partial charge in [-0.3, -0.25) is 0 Å². The zero-order valence-electron chi connectivity index (χ0n) is 9.76. The summed E-state index contributed by atoms with van der Waals surface area (Å²) < 4.78 is 30.5. The molecule has 0 amide bonds. The van der Waals surface area contributed by atoms with Gasteiger partial charge in [0, 0.05) is 23.7 Å². The number of rotatable bonds is 6. The lowest BCUT2D eigenvalue weighted by Gasteiger charge is -2.12. The molecule has 1 atom stereocenters. The van der Waals surface area contributed by atoms with E-state index in [-0.39, 0.29) is 14.9 Å². The van der Waals surface area contributed by atoms with E-state index >= 15 is 0 Å². The number of hydrogen-bond donors (Lipinski definition) is 2. The third-order valence-corrected chi connectivity index (χ3v) is 4.00. The SMILES string of the molecule is COC(CNS(=O)(=O)c1cc(Cl)cc(Cl)c1)C(=O)O. The molecule has 0 heterocycles. The zero-order chi connectivity index (χ0) is 14.6. The minimum Gasteiger partial charge on any atom is -0.479 e. The maximum Gasteiger partial charge on any atom is 0.334 e. The Bertz CT molecular complexity index is 555. The Morgan fingerprint density at radius 2 is 1.89 bits per heavy atom. The predicted octanol–water partition coefficient (Wildman–Crippen LogP) is 1.37. The van der Waals surface area contributed by atoms with Crippen LogP contribution >= 0.6 is 23.2 Å². The first-order chi connectivity index (χ1) is 8.76. The molecule has 9 heteroatoms. The van der Waals surface area contributed by atoms with Crippen molar-refractivity contribution in [2.75, 3.05) is 13.7 Å². The summed E-state index contributed by atoms with van der Waals surface area (Å²) >= 11 is 11.4. The fourth-order valence-electron chi connectivity index (χ4n) is 1.22. The summed E-state index contributed by atoms with van der Waals surface area (Å²) in [6, 6.07) is 3.80. The zero-order valence-corrected chi connectivity index (χ0v) is 12.1. The summed E-state index contributed by atoms with van der Waals surface area (Å²) in [4.78, 5) is 10.5. The highest BCUT2D eigenvalue weighted by molar-refractivity contribution is 7.89. The summed E-state index contributed by atoms with van der Waals surface area (Å²) in [7, 11) is -2.74. The number of benzene rings is 1. The molecule has 0 aromatic heterocycles. The van der Waals surface area contributed by atoms with Crippen molar-refractivity contribution in [3.05, 3.63) is 28.2 Å². The van der Waals surface area contributed by atoms with Crippen LogP contribution in [0, 0.1) is 0 Å². The molecule has 1 aromatic carbocycles. The monoisotopic (exact) mass is 327 g/mol. The fraction of sp³-hybridized carbons (Fsp3) is 0.300. The van der Waals surface area contributed by atoms with Crippen LogP contribution in [0.15, 0.2) is 23.1 Å². The van der Waals surface area contributed by atoms with Crippen molar-refractivity contribution in [3.63, 3.8) is 0 Å². The number of hydrogen-bond acceptors (Lipinski definition) is 4. The lowest BCUT2D eigenvalue weighted by molar-refractivity contribution is -0.147. The Morgan fingerprint density at radius 3 is 2.32 bits per heavy atom. The Kier molecular flexibility index (Phi) is 5.57. The summed E-state index contributed by atoms with van der Waals surface area (Å²) in [5.74, 6) is -1.27. The molecule has 0 aliphatic heterocycles. The van der Waals surface area contributed by atoms with Crippen molar-refractivity contribution in [2.45, 2.75) is 11.0 Å². The molecule has 0 aliphatic carbocycles. The number of carboxylic acids is 1. The minimum absolute atomic E-state index is 0.148. The first-order valence-corrected chi connectivity index (χ1v) is 7.21. The van der Waals surface area contributed by atoms with Crippen LogP contribution in [0.2, 0.25) is 10.0 Å². The summed E-state index contributed by atoms with van der Waals surface area (Å²) in [6.07, 6.45) is -1.27. The third-order valence-electron chi connectivity index (χ3n) is 2.17. The van der Waals surface area contributed by atoms with E-state index in [1.165, 1.54) is 25.3 Å². The van der Waals surface area contributed by atoms with E-state index in [1.54, 1.807) is 0 Å². The molecule has 0 aliphatic rings. The first kappa shape index (κ1) is 16.2. The lowest BCUT2D eigenvalue weighted by Crippen LogP contribution is -2.37. The minimum atomic E-state index is -3.91. The molecule has 2 N–H and O–H groups in total. The van der Waals surface area contributed by atoms with Gasteiger partial charge in [0.1, 0.15) is 0 Å². The molecular formula is C10H11Cl2NO5S. The molecule has 0 saturated carbocycles. The van der Waals surface area contributed by atoms with Crippen LogP contribution in [-0.4, -0.2) is 39.3 Å². The Morgan fingerprint density at radius 1 is 1.37 bits per heavy atom. The van der Waals surface area contributed by atoms with Gasteiger partial charge in [-0.05, 0) is 18.2 Å². The second kappa shape index (κ2) is 6.53. The summed E-state index contributed by atoms with van der Waals surface area (Å²) in [6.45, 7) is -0.404. The molecule has 19 heavy (non-hydrogen) atoms. The van der Waals surface area contributed by atoms with Crippen LogP contribution in [0.4, 0.5) is 0 Å². The smallest absolute Gasteiger partial charge is 0.334 e. The van der Waals surface area contributed by atoms with Gasteiger partial charge in [0.15, 0.2) is 6.10 Å². The van der Waals surface area contributed by atoms with Gasteiger partial charge in [0.05, 0.1) is 4.90 Å². The van der Waals surface area contributed by atoms with Crippen molar-refractivity contribution in [1.29, 1.82) is 0 Å². The predicted molar refractivity (Wildman–Crippen MR) is 70.1 cm³/mol. The highest BCUT2D eigenvalue weighted by Crippen LogP contribution is 2.22. The van der Waals surface area contributed by atoms with Crippen molar-refractivity contribution >= 4 is 39.2 Å². The number of carbonyl (C=O) groups is 1. The molecule has 1 unspecified atom stereocenters. The average Bonchev–Trinajstić information content (AvgIpc) is 2.27. The van der Waals surface area contributed by atoms with E-state index < -0.39 is 28.6 Å². The van der Waals surface area contributed by atoms with Crippen molar-refractivity contribution in [1.82, 2.24) is 4.72 Å². The van der Waals surface area contributed by atoms with Gasteiger partial charge in [-0.15, -0.1) is 0 Å². The van der Waals surface area contributed by atoms with Crippen molar-refractivity contribution < 1.29 is 23.1 Å². The number of halogens is 2. The van der Waals surface area contributed by atoms with Gasteiger partial charge in [-0.1, -0.05) is 23.2 Å². The van der Waals surface area contributed by atoms with Gasteiger partial charge in [-0.25, -0.2) is 17.9 Å². The normalized spacial score (nSPS) is 13.2. The summed E-state index contributed by atoms with van der Waals surface area (Å²) in [5.41, 5.74) is 0. The van der Waals surface area contributed by atoms with Crippen molar-refractivity contribution in [2.24, 2.45) is 0 Å². The number of aliphatic carboxylic acids is 1.